The molecule has 0 saturated carbocycles. The molecule has 0 radical (unpaired) electrons. The SMILES string of the molecule is Cl.NNc1cc2[nH]c(=O)oc2cc1Br. The molecule has 0 spiro atoms. The molecule has 0 fully saturated rings. The van der Waals surface area contributed by atoms with Crippen molar-refractivity contribution in [1.29, 1.82) is 0 Å². The largest absolute Gasteiger partial charge is 0.417 e. The van der Waals surface area contributed by atoms with Crippen LogP contribution in [0.5, 0.6) is 0 Å². The Kier molecular flexibility index (Phi) is 3.20. The minimum atomic E-state index is -0.476. The first-order valence-electron chi connectivity index (χ1n) is 3.49. The Morgan fingerprint density at radius 3 is 2.86 bits per heavy atom. The van der Waals surface area contributed by atoms with Gasteiger partial charge in [0.1, 0.15) is 0 Å². The lowest BCUT2D eigenvalue weighted by atomic mass is 10.3. The zero-order valence-electron chi connectivity index (χ0n) is 6.83. The molecule has 4 N–H and O–H groups in total. The van der Waals surface area contributed by atoms with Gasteiger partial charge in [-0.05, 0) is 28.1 Å². The van der Waals surface area contributed by atoms with Crippen molar-refractivity contribution in [2.45, 2.75) is 0 Å². The first kappa shape index (κ1) is 11.1. The van der Waals surface area contributed by atoms with Gasteiger partial charge in [0.25, 0.3) is 0 Å². The lowest BCUT2D eigenvalue weighted by Crippen LogP contribution is -2.07. The van der Waals surface area contributed by atoms with Crippen molar-refractivity contribution in [2.75, 3.05) is 5.43 Å². The lowest BCUT2D eigenvalue weighted by Gasteiger charge is -2.01. The van der Waals surface area contributed by atoms with Gasteiger partial charge in [-0.15, -0.1) is 12.4 Å². The van der Waals surface area contributed by atoms with Crippen LogP contribution in [0.1, 0.15) is 0 Å². The van der Waals surface area contributed by atoms with E-state index >= 15 is 0 Å². The highest BCUT2D eigenvalue weighted by Crippen LogP contribution is 2.26. The summed E-state index contributed by atoms with van der Waals surface area (Å²) < 4.78 is 5.58. The van der Waals surface area contributed by atoms with Crippen LogP contribution in [0.2, 0.25) is 0 Å². The minimum absolute atomic E-state index is 0. The van der Waals surface area contributed by atoms with E-state index in [1.165, 1.54) is 0 Å². The van der Waals surface area contributed by atoms with E-state index in [-0.39, 0.29) is 12.4 Å². The Morgan fingerprint density at radius 2 is 2.21 bits per heavy atom. The van der Waals surface area contributed by atoms with E-state index in [0.29, 0.717) is 16.8 Å². The first-order chi connectivity index (χ1) is 6.20. The molecule has 14 heavy (non-hydrogen) atoms. The predicted molar refractivity (Wildman–Crippen MR) is 59.6 cm³/mol. The molecule has 0 amide bonds. The van der Waals surface area contributed by atoms with Gasteiger partial charge in [-0.3, -0.25) is 10.8 Å². The molecule has 2 aromatic rings. The van der Waals surface area contributed by atoms with Crippen molar-refractivity contribution in [1.82, 2.24) is 4.98 Å². The molecule has 0 saturated heterocycles. The number of H-pyrrole nitrogens is 1. The summed E-state index contributed by atoms with van der Waals surface area (Å²) in [7, 11) is 0. The van der Waals surface area contributed by atoms with Crippen molar-refractivity contribution in [3.8, 4) is 0 Å². The summed E-state index contributed by atoms with van der Waals surface area (Å²) in [6.45, 7) is 0. The molecule has 0 bridgehead atoms. The van der Waals surface area contributed by atoms with Crippen molar-refractivity contribution in [2.24, 2.45) is 5.84 Å². The molecule has 1 aromatic carbocycles. The van der Waals surface area contributed by atoms with Gasteiger partial charge >= 0.3 is 5.76 Å². The smallest absolute Gasteiger partial charge is 0.408 e. The number of anilines is 1. The Morgan fingerprint density at radius 1 is 1.50 bits per heavy atom. The molecule has 0 aliphatic rings. The van der Waals surface area contributed by atoms with Crippen molar-refractivity contribution in [3.63, 3.8) is 0 Å². The van der Waals surface area contributed by atoms with Gasteiger partial charge in [0, 0.05) is 4.47 Å². The van der Waals surface area contributed by atoms with Crippen molar-refractivity contribution >= 4 is 45.1 Å². The Bertz CT molecular complexity index is 507. The van der Waals surface area contributed by atoms with Crippen LogP contribution in [-0.2, 0) is 0 Å². The fourth-order valence-corrected chi connectivity index (χ4v) is 1.52. The first-order valence-corrected chi connectivity index (χ1v) is 4.29. The predicted octanol–water partition coefficient (Wildman–Crippen LogP) is 1.59. The maximum absolute atomic E-state index is 10.8. The third-order valence-electron chi connectivity index (χ3n) is 1.66. The maximum Gasteiger partial charge on any atom is 0.417 e. The highest BCUT2D eigenvalue weighted by molar-refractivity contribution is 9.10. The van der Waals surface area contributed by atoms with Crippen LogP contribution in [0.25, 0.3) is 11.1 Å². The number of aromatic nitrogens is 1. The molecular weight excluding hydrogens is 273 g/mol. The fraction of sp³-hybridized carbons (Fsp3) is 0. The molecule has 0 aliphatic heterocycles. The number of halogens is 2. The Balaban J connectivity index is 0.000000980. The molecule has 7 heteroatoms. The van der Waals surface area contributed by atoms with Gasteiger partial charge in [0.2, 0.25) is 0 Å². The number of aromatic amines is 1. The van der Waals surface area contributed by atoms with Crippen molar-refractivity contribution < 1.29 is 4.42 Å². The van der Waals surface area contributed by atoms with Gasteiger partial charge in [-0.1, -0.05) is 0 Å². The number of hydrogen-bond donors (Lipinski definition) is 3. The molecule has 2 rings (SSSR count). The van der Waals surface area contributed by atoms with E-state index in [4.69, 9.17) is 10.3 Å². The monoisotopic (exact) mass is 279 g/mol. The molecule has 0 aliphatic carbocycles. The zero-order valence-corrected chi connectivity index (χ0v) is 9.24. The highest BCUT2D eigenvalue weighted by Gasteiger charge is 2.05. The second kappa shape index (κ2) is 4.04. The summed E-state index contributed by atoms with van der Waals surface area (Å²) >= 11 is 3.27. The number of nitrogens with two attached hydrogens (primary N) is 1. The molecule has 5 nitrogen and oxygen atoms in total. The lowest BCUT2D eigenvalue weighted by molar-refractivity contribution is 0.555. The number of nitrogen functional groups attached to an aromatic ring is 1. The highest BCUT2D eigenvalue weighted by atomic mass is 79.9. The van der Waals surface area contributed by atoms with Crippen LogP contribution in [0.3, 0.4) is 0 Å². The van der Waals surface area contributed by atoms with Gasteiger partial charge < -0.3 is 9.84 Å². The van der Waals surface area contributed by atoms with E-state index in [0.717, 1.165) is 4.47 Å². The summed E-state index contributed by atoms with van der Waals surface area (Å²) in [5, 5.41) is 0. The van der Waals surface area contributed by atoms with Crippen LogP contribution in [0, 0.1) is 0 Å². The second-order valence-corrected chi connectivity index (χ2v) is 3.34. The Hall–Kier alpha value is -0.980. The maximum atomic E-state index is 10.8. The third-order valence-corrected chi connectivity index (χ3v) is 2.32. The number of fused-ring (bicyclic) bond motifs is 1. The van der Waals surface area contributed by atoms with E-state index in [1.807, 2.05) is 0 Å². The van der Waals surface area contributed by atoms with Crippen LogP contribution < -0.4 is 17.0 Å². The molecule has 1 heterocycles. The molecule has 0 unspecified atom stereocenters. The quantitative estimate of drug-likeness (QED) is 0.547. The zero-order chi connectivity index (χ0) is 9.42. The van der Waals surface area contributed by atoms with Gasteiger partial charge in [-0.25, -0.2) is 4.79 Å². The van der Waals surface area contributed by atoms with Crippen LogP contribution >= 0.6 is 28.3 Å². The number of hydrazine groups is 1. The van der Waals surface area contributed by atoms with Crippen LogP contribution in [0.15, 0.2) is 25.8 Å². The van der Waals surface area contributed by atoms with Gasteiger partial charge in [0.15, 0.2) is 5.58 Å². The Labute approximate surface area is 93.2 Å². The molecule has 1 aromatic heterocycles. The van der Waals surface area contributed by atoms with E-state index in [2.05, 4.69) is 26.3 Å². The number of hydrogen-bond acceptors (Lipinski definition) is 4. The summed E-state index contributed by atoms with van der Waals surface area (Å²) in [6, 6.07) is 3.35. The average molecular weight is 281 g/mol. The topological polar surface area (TPSA) is 84.0 Å². The summed E-state index contributed by atoms with van der Waals surface area (Å²) in [4.78, 5) is 13.3. The number of oxazole rings is 1. The van der Waals surface area contributed by atoms with Gasteiger partial charge in [-0.2, -0.15) is 0 Å². The van der Waals surface area contributed by atoms with Crippen LogP contribution in [0.4, 0.5) is 5.69 Å². The van der Waals surface area contributed by atoms with Crippen molar-refractivity contribution in [3.05, 3.63) is 27.2 Å². The standard InChI is InChI=1S/C7H6BrN3O2.ClH/c8-3-1-6-5(2-4(3)11-9)10-7(12)13-6;/h1-2,11H,9H2,(H,10,12);1H. The van der Waals surface area contributed by atoms with Gasteiger partial charge in [0.05, 0.1) is 11.2 Å². The average Bonchev–Trinajstić information content (AvgIpc) is 2.42. The summed E-state index contributed by atoms with van der Waals surface area (Å²) in [5.41, 5.74) is 4.28. The second-order valence-electron chi connectivity index (χ2n) is 2.49. The molecule has 76 valence electrons. The fourth-order valence-electron chi connectivity index (χ4n) is 1.08. The molecular formula is C7H7BrClN3O2. The number of benzene rings is 1. The van der Waals surface area contributed by atoms with E-state index < -0.39 is 5.76 Å². The van der Waals surface area contributed by atoms with E-state index in [9.17, 15) is 4.79 Å². The summed E-state index contributed by atoms with van der Waals surface area (Å²) in [5.74, 6) is 4.77. The third kappa shape index (κ3) is 1.77. The number of rotatable bonds is 1. The van der Waals surface area contributed by atoms with Crippen LogP contribution in [-0.4, -0.2) is 4.98 Å². The normalized spacial score (nSPS) is 9.86. The minimum Gasteiger partial charge on any atom is -0.408 e. The summed E-state index contributed by atoms with van der Waals surface area (Å²) in [6.07, 6.45) is 0. The molecule has 0 atom stereocenters. The van der Waals surface area contributed by atoms with E-state index in [1.54, 1.807) is 12.1 Å². The number of nitrogens with one attached hydrogen (secondary N) is 2.